The highest BCUT2D eigenvalue weighted by molar-refractivity contribution is 7.92. The first-order valence-corrected chi connectivity index (χ1v) is 10.7. The van der Waals surface area contributed by atoms with E-state index in [1.807, 2.05) is 37.3 Å². The molecule has 0 spiro atoms. The second-order valence-electron chi connectivity index (χ2n) is 6.80. The lowest BCUT2D eigenvalue weighted by Gasteiger charge is -2.26. The van der Waals surface area contributed by atoms with Crippen molar-refractivity contribution in [2.45, 2.75) is 24.9 Å². The molecular weight excluding hydrogens is 404 g/mol. The molecule has 0 aromatic heterocycles. The molecule has 0 heterocycles. The lowest BCUT2D eigenvalue weighted by Crippen LogP contribution is -2.31. The van der Waals surface area contributed by atoms with Gasteiger partial charge in [0, 0.05) is 4.92 Å². The van der Waals surface area contributed by atoms with Crippen LogP contribution < -0.4 is 9.04 Å². The number of anilines is 1. The van der Waals surface area contributed by atoms with Crippen LogP contribution in [0.15, 0.2) is 77.7 Å². The van der Waals surface area contributed by atoms with Crippen molar-refractivity contribution < 1.29 is 18.1 Å². The van der Waals surface area contributed by atoms with Crippen LogP contribution in [0.25, 0.3) is 0 Å². The van der Waals surface area contributed by atoms with Crippen molar-refractivity contribution in [1.82, 2.24) is 0 Å². The maximum Gasteiger partial charge on any atom is 0.264 e. The van der Waals surface area contributed by atoms with Crippen LogP contribution in [0.2, 0.25) is 0 Å². The molecule has 0 N–H and O–H groups in total. The van der Waals surface area contributed by atoms with Gasteiger partial charge in [0.25, 0.3) is 10.0 Å². The number of rotatable bonds is 8. The molecule has 0 fully saturated rings. The Morgan fingerprint density at radius 1 is 1.00 bits per heavy atom. The smallest absolute Gasteiger partial charge is 0.264 e. The maximum atomic E-state index is 13.6. The number of nitrogens with zero attached hydrogens (tertiary/aromatic N) is 2. The molecule has 156 valence electrons. The number of aryl methyl sites for hydroxylation is 1. The van der Waals surface area contributed by atoms with Gasteiger partial charge in [-0.1, -0.05) is 48.0 Å². The van der Waals surface area contributed by atoms with Gasteiger partial charge in [0.05, 0.1) is 29.8 Å². The van der Waals surface area contributed by atoms with Crippen molar-refractivity contribution >= 4 is 15.7 Å². The van der Waals surface area contributed by atoms with Gasteiger partial charge in [-0.2, -0.15) is 0 Å². The fourth-order valence-corrected chi connectivity index (χ4v) is 4.57. The molecule has 0 saturated carbocycles. The predicted molar refractivity (Wildman–Crippen MR) is 115 cm³/mol. The Balaban J connectivity index is 2.17. The van der Waals surface area contributed by atoms with E-state index in [0.717, 1.165) is 11.1 Å². The standard InChI is InChI=1S/C22H22N2O5S/c1-17-8-11-21(12-9-17)30(27,28)23(15-18-6-4-3-5-7-18)22-13-10-20(29-2)14-19(22)16-24(25)26/h3-14H,15-16H2,1-2H3. The Hall–Kier alpha value is -3.39. The second-order valence-corrected chi connectivity index (χ2v) is 8.66. The quantitative estimate of drug-likeness (QED) is 0.398. The summed E-state index contributed by atoms with van der Waals surface area (Å²) in [4.78, 5) is 10.9. The van der Waals surface area contributed by atoms with Gasteiger partial charge in [0.15, 0.2) is 0 Å². The van der Waals surface area contributed by atoms with Crippen LogP contribution in [0.5, 0.6) is 5.75 Å². The molecule has 3 aromatic carbocycles. The first-order valence-electron chi connectivity index (χ1n) is 9.23. The zero-order chi connectivity index (χ0) is 21.7. The van der Waals surface area contributed by atoms with E-state index >= 15 is 0 Å². The third kappa shape index (κ3) is 4.77. The molecule has 0 saturated heterocycles. The first-order chi connectivity index (χ1) is 14.3. The highest BCUT2D eigenvalue weighted by atomic mass is 32.2. The average Bonchev–Trinajstić information content (AvgIpc) is 2.73. The van der Waals surface area contributed by atoms with Gasteiger partial charge in [-0.3, -0.25) is 14.4 Å². The Kier molecular flexibility index (Phi) is 6.37. The summed E-state index contributed by atoms with van der Waals surface area (Å²) < 4.78 is 33.5. The van der Waals surface area contributed by atoms with E-state index in [1.165, 1.54) is 17.5 Å². The van der Waals surface area contributed by atoms with E-state index in [-0.39, 0.29) is 22.7 Å². The SMILES string of the molecule is COc1ccc(N(Cc2ccccc2)S(=O)(=O)c2ccc(C)cc2)c(C[N+](=O)[O-])c1. The van der Waals surface area contributed by atoms with Crippen molar-refractivity contribution in [2.24, 2.45) is 0 Å². The van der Waals surface area contributed by atoms with Crippen molar-refractivity contribution in [1.29, 1.82) is 0 Å². The Morgan fingerprint density at radius 2 is 1.67 bits per heavy atom. The minimum Gasteiger partial charge on any atom is -0.497 e. The van der Waals surface area contributed by atoms with Crippen molar-refractivity contribution in [3.05, 3.63) is 99.6 Å². The summed E-state index contributed by atoms with van der Waals surface area (Å²) in [6.45, 7) is 1.38. The van der Waals surface area contributed by atoms with Crippen molar-refractivity contribution in [3.63, 3.8) is 0 Å². The number of nitro groups is 1. The summed E-state index contributed by atoms with van der Waals surface area (Å²) in [5.74, 6) is 0.419. The number of benzene rings is 3. The fourth-order valence-electron chi connectivity index (χ4n) is 3.08. The lowest BCUT2D eigenvalue weighted by molar-refractivity contribution is -0.496. The summed E-state index contributed by atoms with van der Waals surface area (Å²) in [7, 11) is -2.52. The zero-order valence-electron chi connectivity index (χ0n) is 16.7. The number of methoxy groups -OCH3 is 1. The molecule has 7 nitrogen and oxygen atoms in total. The highest BCUT2D eigenvalue weighted by Crippen LogP contribution is 2.32. The van der Waals surface area contributed by atoms with Crippen LogP contribution in [0.1, 0.15) is 16.7 Å². The van der Waals surface area contributed by atoms with Crippen LogP contribution >= 0.6 is 0 Å². The average molecular weight is 426 g/mol. The predicted octanol–water partition coefficient (Wildman–Crippen LogP) is 4.18. The molecule has 0 amide bonds. The van der Waals surface area contributed by atoms with Gasteiger partial charge in [-0.15, -0.1) is 0 Å². The number of ether oxygens (including phenoxy) is 1. The normalized spacial score (nSPS) is 11.1. The van der Waals surface area contributed by atoms with Crippen LogP contribution in [-0.4, -0.2) is 20.5 Å². The highest BCUT2D eigenvalue weighted by Gasteiger charge is 2.28. The topological polar surface area (TPSA) is 89.8 Å². The molecule has 0 aliphatic rings. The van der Waals surface area contributed by atoms with Crippen LogP contribution in [0, 0.1) is 17.0 Å². The third-order valence-electron chi connectivity index (χ3n) is 4.63. The second kappa shape index (κ2) is 8.96. The molecule has 30 heavy (non-hydrogen) atoms. The monoisotopic (exact) mass is 426 g/mol. The maximum absolute atomic E-state index is 13.6. The van der Waals surface area contributed by atoms with E-state index < -0.39 is 21.5 Å². The van der Waals surface area contributed by atoms with E-state index in [2.05, 4.69) is 0 Å². The third-order valence-corrected chi connectivity index (χ3v) is 6.41. The van der Waals surface area contributed by atoms with Gasteiger partial charge in [0.2, 0.25) is 6.54 Å². The van der Waals surface area contributed by atoms with Gasteiger partial charge in [0.1, 0.15) is 5.75 Å². The largest absolute Gasteiger partial charge is 0.497 e. The van der Waals surface area contributed by atoms with Crippen LogP contribution in [0.4, 0.5) is 5.69 Å². The first kappa shape index (κ1) is 21.3. The van der Waals surface area contributed by atoms with E-state index in [0.29, 0.717) is 5.75 Å². The summed E-state index contributed by atoms with van der Waals surface area (Å²) in [6.07, 6.45) is 0. The minimum absolute atomic E-state index is 0.0358. The van der Waals surface area contributed by atoms with Gasteiger partial charge in [-0.05, 0) is 42.8 Å². The van der Waals surface area contributed by atoms with Crippen LogP contribution in [-0.2, 0) is 23.1 Å². The molecule has 3 rings (SSSR count). The van der Waals surface area contributed by atoms with Crippen LogP contribution in [0.3, 0.4) is 0 Å². The lowest BCUT2D eigenvalue weighted by atomic mass is 10.1. The summed E-state index contributed by atoms with van der Waals surface area (Å²) in [5.41, 5.74) is 2.20. The van der Waals surface area contributed by atoms with Gasteiger partial charge < -0.3 is 4.74 Å². The zero-order valence-corrected chi connectivity index (χ0v) is 17.5. The molecule has 8 heteroatoms. The van der Waals surface area contributed by atoms with Crippen molar-refractivity contribution in [2.75, 3.05) is 11.4 Å². The van der Waals surface area contributed by atoms with Crippen molar-refractivity contribution in [3.8, 4) is 5.75 Å². The van der Waals surface area contributed by atoms with Gasteiger partial charge >= 0.3 is 0 Å². The molecule has 0 radical (unpaired) electrons. The van der Waals surface area contributed by atoms with E-state index in [4.69, 9.17) is 4.74 Å². The Morgan fingerprint density at radius 3 is 2.27 bits per heavy atom. The molecule has 0 bridgehead atoms. The Bertz CT molecular complexity index is 1130. The minimum atomic E-state index is -3.98. The fraction of sp³-hybridized carbons (Fsp3) is 0.182. The number of hydrogen-bond donors (Lipinski definition) is 0. The number of sulfonamides is 1. The molecule has 3 aromatic rings. The number of hydrogen-bond acceptors (Lipinski definition) is 5. The summed E-state index contributed by atoms with van der Waals surface area (Å²) >= 11 is 0. The Labute approximate surface area is 175 Å². The summed E-state index contributed by atoms with van der Waals surface area (Å²) in [5, 5.41) is 11.3. The van der Waals surface area contributed by atoms with E-state index in [9.17, 15) is 18.5 Å². The van der Waals surface area contributed by atoms with E-state index in [1.54, 1.807) is 36.4 Å². The summed E-state index contributed by atoms with van der Waals surface area (Å²) in [6, 6.07) is 20.3. The van der Waals surface area contributed by atoms with Gasteiger partial charge in [-0.25, -0.2) is 8.42 Å². The molecule has 0 atom stereocenters. The molecule has 0 aliphatic heterocycles. The molecular formula is C22H22N2O5S. The molecule has 0 unspecified atom stereocenters. The molecule has 0 aliphatic carbocycles.